The first-order chi connectivity index (χ1) is 12.1. The Balaban J connectivity index is 1.46. The molecule has 0 N–H and O–H groups in total. The van der Waals surface area contributed by atoms with Crippen LogP contribution in [0.1, 0.15) is 5.56 Å². The van der Waals surface area contributed by atoms with Crippen molar-refractivity contribution in [2.75, 3.05) is 39.3 Å². The van der Waals surface area contributed by atoms with Crippen LogP contribution in [0.4, 0.5) is 0 Å². The standard InChI is InChI=1S/C18H23N3O3S/c1-16-4-6-17(7-5-16)24-14-13-20-9-11-21(12-10-20)25(22,23)18-3-2-8-19-15-18/h2-8,15H,9-14H2,1H3. The summed E-state index contributed by atoms with van der Waals surface area (Å²) in [6.45, 7) is 5.81. The summed E-state index contributed by atoms with van der Waals surface area (Å²) in [7, 11) is -3.44. The van der Waals surface area contributed by atoms with E-state index < -0.39 is 10.0 Å². The third-order valence-electron chi connectivity index (χ3n) is 4.30. The van der Waals surface area contributed by atoms with E-state index in [0.717, 1.165) is 12.3 Å². The van der Waals surface area contributed by atoms with Crippen molar-refractivity contribution in [3.05, 3.63) is 54.4 Å². The van der Waals surface area contributed by atoms with Gasteiger partial charge in [-0.05, 0) is 31.2 Å². The van der Waals surface area contributed by atoms with E-state index in [0.29, 0.717) is 32.8 Å². The third-order valence-corrected chi connectivity index (χ3v) is 6.18. The minimum atomic E-state index is -3.44. The van der Waals surface area contributed by atoms with E-state index in [2.05, 4.69) is 9.88 Å². The van der Waals surface area contributed by atoms with Crippen molar-refractivity contribution in [2.24, 2.45) is 0 Å². The van der Waals surface area contributed by atoms with E-state index >= 15 is 0 Å². The molecule has 1 saturated heterocycles. The van der Waals surface area contributed by atoms with Crippen LogP contribution in [0, 0.1) is 6.92 Å². The first-order valence-corrected chi connectivity index (χ1v) is 9.82. The van der Waals surface area contributed by atoms with Crippen LogP contribution in [-0.4, -0.2) is 61.9 Å². The molecule has 1 aliphatic heterocycles. The fourth-order valence-electron chi connectivity index (χ4n) is 2.77. The van der Waals surface area contributed by atoms with Gasteiger partial charge in [-0.2, -0.15) is 4.31 Å². The molecule has 0 atom stereocenters. The summed E-state index contributed by atoms with van der Waals surface area (Å²) in [6.07, 6.45) is 2.97. The third kappa shape index (κ3) is 4.56. The van der Waals surface area contributed by atoms with Crippen molar-refractivity contribution in [1.29, 1.82) is 0 Å². The highest BCUT2D eigenvalue weighted by atomic mass is 32.2. The molecule has 25 heavy (non-hydrogen) atoms. The van der Waals surface area contributed by atoms with Crippen LogP contribution < -0.4 is 4.74 Å². The maximum atomic E-state index is 12.6. The van der Waals surface area contributed by atoms with Gasteiger partial charge < -0.3 is 4.74 Å². The average Bonchev–Trinajstić information content (AvgIpc) is 2.64. The summed E-state index contributed by atoms with van der Waals surface area (Å²) in [6, 6.07) is 11.2. The molecule has 134 valence electrons. The van der Waals surface area contributed by atoms with Gasteiger partial charge in [0.05, 0.1) is 0 Å². The molecule has 1 aliphatic rings. The lowest BCUT2D eigenvalue weighted by Crippen LogP contribution is -2.49. The van der Waals surface area contributed by atoms with E-state index in [1.54, 1.807) is 18.3 Å². The molecule has 0 spiro atoms. The predicted octanol–water partition coefficient (Wildman–Crippen LogP) is 1.78. The van der Waals surface area contributed by atoms with Crippen molar-refractivity contribution in [1.82, 2.24) is 14.2 Å². The number of nitrogens with zero attached hydrogens (tertiary/aromatic N) is 3. The number of hydrogen-bond donors (Lipinski definition) is 0. The Bertz CT molecular complexity index is 771. The largest absolute Gasteiger partial charge is 0.492 e. The van der Waals surface area contributed by atoms with Gasteiger partial charge in [-0.15, -0.1) is 0 Å². The van der Waals surface area contributed by atoms with Gasteiger partial charge in [0.25, 0.3) is 0 Å². The quantitative estimate of drug-likeness (QED) is 0.785. The zero-order valence-electron chi connectivity index (χ0n) is 14.3. The van der Waals surface area contributed by atoms with E-state index in [1.807, 2.05) is 31.2 Å². The monoisotopic (exact) mass is 361 g/mol. The van der Waals surface area contributed by atoms with Gasteiger partial charge in [-0.3, -0.25) is 9.88 Å². The van der Waals surface area contributed by atoms with Crippen LogP contribution in [0.2, 0.25) is 0 Å². The number of benzene rings is 1. The highest BCUT2D eigenvalue weighted by Gasteiger charge is 2.28. The van der Waals surface area contributed by atoms with Crippen molar-refractivity contribution >= 4 is 10.0 Å². The first-order valence-electron chi connectivity index (χ1n) is 8.38. The summed E-state index contributed by atoms with van der Waals surface area (Å²) in [5.41, 5.74) is 1.21. The van der Waals surface area contributed by atoms with Crippen molar-refractivity contribution < 1.29 is 13.2 Å². The van der Waals surface area contributed by atoms with Gasteiger partial charge >= 0.3 is 0 Å². The molecule has 0 radical (unpaired) electrons. The second kappa shape index (κ2) is 7.95. The number of pyridine rings is 1. The van der Waals surface area contributed by atoms with Crippen LogP contribution >= 0.6 is 0 Å². The van der Waals surface area contributed by atoms with Gasteiger partial charge in [0.15, 0.2) is 0 Å². The summed E-state index contributed by atoms with van der Waals surface area (Å²) < 4.78 is 32.4. The first kappa shape index (κ1) is 17.8. The molecule has 0 amide bonds. The van der Waals surface area contributed by atoms with E-state index in [9.17, 15) is 8.42 Å². The van der Waals surface area contributed by atoms with E-state index in [-0.39, 0.29) is 4.90 Å². The molecule has 0 aliphatic carbocycles. The summed E-state index contributed by atoms with van der Waals surface area (Å²) >= 11 is 0. The Hall–Kier alpha value is -1.96. The molecule has 7 heteroatoms. The normalized spacial score (nSPS) is 16.7. The van der Waals surface area contributed by atoms with E-state index in [4.69, 9.17) is 4.74 Å². The number of aryl methyl sites for hydroxylation is 1. The predicted molar refractivity (Wildman–Crippen MR) is 96.1 cm³/mol. The highest BCUT2D eigenvalue weighted by molar-refractivity contribution is 7.89. The Labute approximate surface area is 149 Å². The summed E-state index contributed by atoms with van der Waals surface area (Å²) in [4.78, 5) is 6.38. The molecule has 6 nitrogen and oxygen atoms in total. The SMILES string of the molecule is Cc1ccc(OCCN2CCN(S(=O)(=O)c3cccnc3)CC2)cc1. The van der Waals surface area contributed by atoms with Crippen LogP contribution in [0.25, 0.3) is 0 Å². The van der Waals surface area contributed by atoms with Crippen molar-refractivity contribution in [3.63, 3.8) is 0 Å². The van der Waals surface area contributed by atoms with Gasteiger partial charge in [-0.25, -0.2) is 8.42 Å². The second-order valence-electron chi connectivity index (χ2n) is 6.10. The zero-order valence-corrected chi connectivity index (χ0v) is 15.2. The number of hydrogen-bond acceptors (Lipinski definition) is 5. The van der Waals surface area contributed by atoms with E-state index in [1.165, 1.54) is 16.1 Å². The van der Waals surface area contributed by atoms with Gasteiger partial charge in [0.2, 0.25) is 10.0 Å². The average molecular weight is 361 g/mol. The minimum absolute atomic E-state index is 0.256. The molecular weight excluding hydrogens is 338 g/mol. The fraction of sp³-hybridized carbons (Fsp3) is 0.389. The molecule has 0 saturated carbocycles. The number of ether oxygens (including phenoxy) is 1. The molecule has 0 bridgehead atoms. The number of piperazine rings is 1. The number of sulfonamides is 1. The molecule has 0 unspecified atom stereocenters. The van der Waals surface area contributed by atoms with Gasteiger partial charge in [0.1, 0.15) is 17.3 Å². The van der Waals surface area contributed by atoms with Crippen molar-refractivity contribution in [3.8, 4) is 5.75 Å². The van der Waals surface area contributed by atoms with Crippen molar-refractivity contribution in [2.45, 2.75) is 11.8 Å². The highest BCUT2D eigenvalue weighted by Crippen LogP contribution is 2.16. The lowest BCUT2D eigenvalue weighted by molar-refractivity contribution is 0.159. The minimum Gasteiger partial charge on any atom is -0.492 e. The maximum absolute atomic E-state index is 12.6. The van der Waals surface area contributed by atoms with Crippen LogP contribution in [-0.2, 0) is 10.0 Å². The molecule has 1 aromatic carbocycles. The van der Waals surface area contributed by atoms with Crippen LogP contribution in [0.5, 0.6) is 5.75 Å². The fourth-order valence-corrected chi connectivity index (χ4v) is 4.16. The summed E-state index contributed by atoms with van der Waals surface area (Å²) in [5, 5.41) is 0. The number of rotatable bonds is 6. The Morgan fingerprint density at radius 1 is 1.08 bits per heavy atom. The Morgan fingerprint density at radius 3 is 2.44 bits per heavy atom. The molecule has 2 aromatic rings. The topological polar surface area (TPSA) is 62.7 Å². The van der Waals surface area contributed by atoms with Gasteiger partial charge in [0, 0.05) is 45.1 Å². The van der Waals surface area contributed by atoms with Gasteiger partial charge in [-0.1, -0.05) is 17.7 Å². The number of aromatic nitrogens is 1. The molecular formula is C18H23N3O3S. The lowest BCUT2D eigenvalue weighted by atomic mass is 10.2. The molecule has 3 rings (SSSR count). The smallest absolute Gasteiger partial charge is 0.244 e. The zero-order chi connectivity index (χ0) is 17.7. The summed E-state index contributed by atoms with van der Waals surface area (Å²) in [5.74, 6) is 0.864. The second-order valence-corrected chi connectivity index (χ2v) is 8.03. The maximum Gasteiger partial charge on any atom is 0.244 e. The Morgan fingerprint density at radius 2 is 1.80 bits per heavy atom. The lowest BCUT2D eigenvalue weighted by Gasteiger charge is -2.33. The Kier molecular flexibility index (Phi) is 5.67. The van der Waals surface area contributed by atoms with Crippen LogP contribution in [0.15, 0.2) is 53.7 Å². The molecule has 1 fully saturated rings. The van der Waals surface area contributed by atoms with Crippen LogP contribution in [0.3, 0.4) is 0 Å². The molecule has 1 aromatic heterocycles. The molecule has 2 heterocycles.